The van der Waals surface area contributed by atoms with Crippen LogP contribution in [0.15, 0.2) is 48.5 Å². The predicted molar refractivity (Wildman–Crippen MR) is 94.2 cm³/mol. The molecule has 126 valence electrons. The van der Waals surface area contributed by atoms with E-state index in [1.54, 1.807) is 24.3 Å². The van der Waals surface area contributed by atoms with Crippen molar-refractivity contribution in [1.82, 2.24) is 0 Å². The van der Waals surface area contributed by atoms with Gasteiger partial charge >= 0.3 is 6.03 Å². The van der Waals surface area contributed by atoms with Crippen LogP contribution in [0.4, 0.5) is 16.2 Å². The van der Waals surface area contributed by atoms with Crippen LogP contribution in [-0.4, -0.2) is 18.5 Å². The van der Waals surface area contributed by atoms with Gasteiger partial charge in [-0.1, -0.05) is 18.2 Å². The summed E-state index contributed by atoms with van der Waals surface area (Å²) in [6.07, 6.45) is 0.995. The number of amides is 3. The minimum atomic E-state index is -0.625. The summed E-state index contributed by atoms with van der Waals surface area (Å²) < 4.78 is 5.66. The van der Waals surface area contributed by atoms with Gasteiger partial charge in [0.05, 0.1) is 6.61 Å². The zero-order valence-corrected chi connectivity index (χ0v) is 13.5. The highest BCUT2D eigenvalue weighted by molar-refractivity contribution is 5.91. The number of para-hydroxylation sites is 1. The fraction of sp³-hybridized carbons (Fsp3) is 0.222. The SMILES string of the molecule is Cc1ccccc1OCCCC(=O)Nc1ccc(NC(N)=O)cc1. The Morgan fingerprint density at radius 3 is 2.25 bits per heavy atom. The molecule has 6 heteroatoms. The van der Waals surface area contributed by atoms with Gasteiger partial charge in [-0.05, 0) is 49.2 Å². The van der Waals surface area contributed by atoms with Gasteiger partial charge in [0.1, 0.15) is 5.75 Å². The van der Waals surface area contributed by atoms with Crippen LogP contribution in [0.25, 0.3) is 0 Å². The maximum Gasteiger partial charge on any atom is 0.316 e. The van der Waals surface area contributed by atoms with E-state index in [1.165, 1.54) is 0 Å². The molecule has 0 aliphatic carbocycles. The van der Waals surface area contributed by atoms with Gasteiger partial charge < -0.3 is 21.1 Å². The van der Waals surface area contributed by atoms with E-state index in [-0.39, 0.29) is 5.91 Å². The number of nitrogens with one attached hydrogen (secondary N) is 2. The van der Waals surface area contributed by atoms with Crippen molar-refractivity contribution in [3.63, 3.8) is 0 Å². The van der Waals surface area contributed by atoms with Gasteiger partial charge in [-0.2, -0.15) is 0 Å². The van der Waals surface area contributed by atoms with E-state index in [0.29, 0.717) is 30.8 Å². The zero-order valence-electron chi connectivity index (χ0n) is 13.5. The van der Waals surface area contributed by atoms with Crippen LogP contribution in [0.1, 0.15) is 18.4 Å². The Labute approximate surface area is 141 Å². The number of primary amides is 1. The molecule has 0 spiro atoms. The summed E-state index contributed by atoms with van der Waals surface area (Å²) in [5.41, 5.74) is 7.34. The predicted octanol–water partition coefficient (Wildman–Crippen LogP) is 3.28. The van der Waals surface area contributed by atoms with Crippen molar-refractivity contribution < 1.29 is 14.3 Å². The molecular weight excluding hydrogens is 306 g/mol. The normalized spacial score (nSPS) is 10.0. The third-order valence-electron chi connectivity index (χ3n) is 3.34. The number of urea groups is 1. The monoisotopic (exact) mass is 327 g/mol. The topological polar surface area (TPSA) is 93.4 Å². The first-order valence-electron chi connectivity index (χ1n) is 7.69. The molecule has 4 N–H and O–H groups in total. The Bertz CT molecular complexity index is 699. The Hall–Kier alpha value is -3.02. The van der Waals surface area contributed by atoms with Crippen molar-refractivity contribution in [2.45, 2.75) is 19.8 Å². The first-order valence-corrected chi connectivity index (χ1v) is 7.69. The average Bonchev–Trinajstić information content (AvgIpc) is 2.54. The van der Waals surface area contributed by atoms with Gasteiger partial charge in [0.15, 0.2) is 0 Å². The fourth-order valence-corrected chi connectivity index (χ4v) is 2.14. The van der Waals surface area contributed by atoms with Crippen molar-refractivity contribution in [3.05, 3.63) is 54.1 Å². The molecule has 2 aromatic carbocycles. The second kappa shape index (κ2) is 8.57. The van der Waals surface area contributed by atoms with E-state index in [4.69, 9.17) is 10.5 Å². The number of aryl methyl sites for hydroxylation is 1. The van der Waals surface area contributed by atoms with Gasteiger partial charge in [-0.25, -0.2) is 4.79 Å². The number of hydrogen-bond acceptors (Lipinski definition) is 3. The van der Waals surface area contributed by atoms with Crippen LogP contribution < -0.4 is 21.1 Å². The lowest BCUT2D eigenvalue weighted by Gasteiger charge is -2.09. The highest BCUT2D eigenvalue weighted by Gasteiger charge is 2.04. The lowest BCUT2D eigenvalue weighted by molar-refractivity contribution is -0.116. The first-order chi connectivity index (χ1) is 11.5. The van der Waals surface area contributed by atoms with Crippen molar-refractivity contribution in [2.75, 3.05) is 17.2 Å². The summed E-state index contributed by atoms with van der Waals surface area (Å²) in [7, 11) is 0. The molecule has 0 atom stereocenters. The second-order valence-electron chi connectivity index (χ2n) is 5.33. The smallest absolute Gasteiger partial charge is 0.316 e. The van der Waals surface area contributed by atoms with Crippen LogP contribution >= 0.6 is 0 Å². The van der Waals surface area contributed by atoms with E-state index in [1.807, 2.05) is 31.2 Å². The fourth-order valence-electron chi connectivity index (χ4n) is 2.14. The third kappa shape index (κ3) is 5.64. The van der Waals surface area contributed by atoms with Crippen molar-refractivity contribution in [1.29, 1.82) is 0 Å². The number of benzene rings is 2. The number of nitrogens with two attached hydrogens (primary N) is 1. The molecule has 0 aliphatic rings. The van der Waals surface area contributed by atoms with E-state index in [2.05, 4.69) is 10.6 Å². The third-order valence-corrected chi connectivity index (χ3v) is 3.34. The van der Waals surface area contributed by atoms with Gasteiger partial charge in [0, 0.05) is 17.8 Å². The molecule has 0 aliphatic heterocycles. The highest BCUT2D eigenvalue weighted by Crippen LogP contribution is 2.17. The largest absolute Gasteiger partial charge is 0.493 e. The van der Waals surface area contributed by atoms with Crippen molar-refractivity contribution in [2.24, 2.45) is 5.73 Å². The van der Waals surface area contributed by atoms with Crippen LogP contribution in [-0.2, 0) is 4.79 Å². The maximum absolute atomic E-state index is 11.9. The van der Waals surface area contributed by atoms with Crippen LogP contribution in [0.5, 0.6) is 5.75 Å². The van der Waals surface area contributed by atoms with Crippen LogP contribution in [0.2, 0.25) is 0 Å². The van der Waals surface area contributed by atoms with E-state index < -0.39 is 6.03 Å². The summed E-state index contributed by atoms with van der Waals surface area (Å²) in [5.74, 6) is 0.759. The summed E-state index contributed by atoms with van der Waals surface area (Å²) in [6.45, 7) is 2.47. The van der Waals surface area contributed by atoms with E-state index in [9.17, 15) is 9.59 Å². The molecule has 0 radical (unpaired) electrons. The maximum atomic E-state index is 11.9. The number of carbonyl (C=O) groups is 2. The molecule has 0 bridgehead atoms. The second-order valence-corrected chi connectivity index (χ2v) is 5.33. The molecule has 3 amide bonds. The van der Waals surface area contributed by atoms with Crippen molar-refractivity contribution in [3.8, 4) is 5.75 Å². The molecule has 0 saturated heterocycles. The average molecular weight is 327 g/mol. The van der Waals surface area contributed by atoms with Gasteiger partial charge in [-0.15, -0.1) is 0 Å². The molecule has 6 nitrogen and oxygen atoms in total. The van der Waals surface area contributed by atoms with Crippen LogP contribution in [0.3, 0.4) is 0 Å². The molecule has 0 aromatic heterocycles. The standard InChI is InChI=1S/C18H21N3O3/c1-13-5-2-3-6-16(13)24-12-4-7-17(22)20-14-8-10-15(11-9-14)21-18(19)23/h2-3,5-6,8-11H,4,7,12H2,1H3,(H,20,22)(H3,19,21,23). The molecular formula is C18H21N3O3. The number of rotatable bonds is 7. The summed E-state index contributed by atoms with van der Waals surface area (Å²) in [6, 6.07) is 13.9. The molecule has 0 unspecified atom stereocenters. The first kappa shape index (κ1) is 17.3. The lowest BCUT2D eigenvalue weighted by Crippen LogP contribution is -2.19. The minimum Gasteiger partial charge on any atom is -0.493 e. The quantitative estimate of drug-likeness (QED) is 0.681. The number of anilines is 2. The zero-order chi connectivity index (χ0) is 17.4. The number of carbonyl (C=O) groups excluding carboxylic acids is 2. The molecule has 24 heavy (non-hydrogen) atoms. The number of ether oxygens (including phenoxy) is 1. The summed E-state index contributed by atoms with van der Waals surface area (Å²) >= 11 is 0. The highest BCUT2D eigenvalue weighted by atomic mass is 16.5. The van der Waals surface area contributed by atoms with Crippen molar-refractivity contribution >= 4 is 23.3 Å². The Morgan fingerprint density at radius 1 is 1.00 bits per heavy atom. The molecule has 0 fully saturated rings. The Balaban J connectivity index is 1.71. The molecule has 0 heterocycles. The van der Waals surface area contributed by atoms with E-state index in [0.717, 1.165) is 11.3 Å². The van der Waals surface area contributed by atoms with Crippen LogP contribution in [0, 0.1) is 6.92 Å². The lowest BCUT2D eigenvalue weighted by atomic mass is 10.2. The van der Waals surface area contributed by atoms with Gasteiger partial charge in [0.2, 0.25) is 5.91 Å². The van der Waals surface area contributed by atoms with Gasteiger partial charge in [-0.3, -0.25) is 4.79 Å². The van der Waals surface area contributed by atoms with Gasteiger partial charge in [0.25, 0.3) is 0 Å². The minimum absolute atomic E-state index is 0.0843. The Morgan fingerprint density at radius 2 is 1.62 bits per heavy atom. The molecule has 2 rings (SSSR count). The summed E-state index contributed by atoms with van der Waals surface area (Å²) in [5, 5.41) is 5.25. The molecule has 0 saturated carbocycles. The molecule has 2 aromatic rings. The Kier molecular flexibility index (Phi) is 6.19. The van der Waals surface area contributed by atoms with E-state index >= 15 is 0 Å². The number of hydrogen-bond donors (Lipinski definition) is 3. The summed E-state index contributed by atoms with van der Waals surface area (Å²) in [4.78, 5) is 22.6.